The number of carbonyl (C=O) groups excluding carboxylic acids is 2. The van der Waals surface area contributed by atoms with E-state index in [0.29, 0.717) is 19.5 Å². The van der Waals surface area contributed by atoms with Crippen LogP contribution in [0.15, 0.2) is 24.3 Å². The van der Waals surface area contributed by atoms with E-state index in [4.69, 9.17) is 0 Å². The Bertz CT molecular complexity index is 645. The number of nitrogens with zero attached hydrogens (tertiary/aromatic N) is 1. The molecule has 0 aliphatic carbocycles. The summed E-state index contributed by atoms with van der Waals surface area (Å²) >= 11 is 0. The Labute approximate surface area is 152 Å². The van der Waals surface area contributed by atoms with Crippen molar-refractivity contribution in [2.24, 2.45) is 11.3 Å². The summed E-state index contributed by atoms with van der Waals surface area (Å²) in [5.41, 5.74) is 0.0864. The van der Waals surface area contributed by atoms with Gasteiger partial charge in [0.25, 0.3) is 0 Å². The van der Waals surface area contributed by atoms with Gasteiger partial charge in [-0.05, 0) is 37.5 Å². The summed E-state index contributed by atoms with van der Waals surface area (Å²) in [6.45, 7) is 5.76. The van der Waals surface area contributed by atoms with Crippen LogP contribution in [0, 0.1) is 11.3 Å². The second-order valence-electron chi connectivity index (χ2n) is 7.75. The molecule has 26 heavy (non-hydrogen) atoms. The van der Waals surface area contributed by atoms with Gasteiger partial charge in [0.2, 0.25) is 11.8 Å². The Morgan fingerprint density at radius 2 is 1.85 bits per heavy atom. The van der Waals surface area contributed by atoms with Crippen molar-refractivity contribution in [3.05, 3.63) is 29.8 Å². The average Bonchev–Trinajstić information content (AvgIpc) is 2.59. The van der Waals surface area contributed by atoms with Crippen LogP contribution in [0.5, 0.6) is 5.75 Å². The SMILES string of the molecule is CC(C)CN1CC(C)(C)C(=O)NC(Cc2ccc(OC(F)F)cc2)C1=O. The third-order valence-corrected chi connectivity index (χ3v) is 4.29. The normalized spacial score (nSPS) is 20.3. The van der Waals surface area contributed by atoms with Gasteiger partial charge in [-0.15, -0.1) is 0 Å². The van der Waals surface area contributed by atoms with Crippen LogP contribution in [-0.2, 0) is 16.0 Å². The second-order valence-corrected chi connectivity index (χ2v) is 7.75. The molecular weight excluding hydrogens is 342 g/mol. The summed E-state index contributed by atoms with van der Waals surface area (Å²) in [6.07, 6.45) is 0.296. The van der Waals surface area contributed by atoms with E-state index in [0.717, 1.165) is 5.56 Å². The number of rotatable bonds is 6. The van der Waals surface area contributed by atoms with Crippen molar-refractivity contribution in [1.29, 1.82) is 0 Å². The fraction of sp³-hybridized carbons (Fsp3) is 0.579. The zero-order chi connectivity index (χ0) is 19.5. The first-order valence-electron chi connectivity index (χ1n) is 8.72. The molecule has 0 bridgehead atoms. The predicted molar refractivity (Wildman–Crippen MR) is 93.9 cm³/mol. The highest BCUT2D eigenvalue weighted by molar-refractivity contribution is 5.92. The second kappa shape index (κ2) is 8.01. The lowest BCUT2D eigenvalue weighted by Crippen LogP contribution is -2.46. The molecule has 1 unspecified atom stereocenters. The van der Waals surface area contributed by atoms with Gasteiger partial charge in [0, 0.05) is 19.5 Å². The van der Waals surface area contributed by atoms with Crippen molar-refractivity contribution in [3.8, 4) is 5.75 Å². The quantitative estimate of drug-likeness (QED) is 0.840. The monoisotopic (exact) mass is 368 g/mol. The molecule has 0 radical (unpaired) electrons. The Morgan fingerprint density at radius 1 is 1.23 bits per heavy atom. The number of hydrogen-bond donors (Lipinski definition) is 1. The smallest absolute Gasteiger partial charge is 0.387 e. The summed E-state index contributed by atoms with van der Waals surface area (Å²) in [5, 5.41) is 2.84. The van der Waals surface area contributed by atoms with Crippen LogP contribution in [0.3, 0.4) is 0 Å². The van der Waals surface area contributed by atoms with Gasteiger partial charge < -0.3 is 15.0 Å². The number of alkyl halides is 2. The summed E-state index contributed by atoms with van der Waals surface area (Å²) in [4.78, 5) is 27.2. The van der Waals surface area contributed by atoms with Gasteiger partial charge >= 0.3 is 6.61 Å². The first kappa shape index (κ1) is 20.1. The third kappa shape index (κ3) is 5.16. The number of ether oxygens (including phenoxy) is 1. The number of benzene rings is 1. The molecule has 1 N–H and O–H groups in total. The molecule has 1 aliphatic heterocycles. The fourth-order valence-electron chi connectivity index (χ4n) is 3.04. The van der Waals surface area contributed by atoms with Crippen LogP contribution < -0.4 is 10.1 Å². The highest BCUT2D eigenvalue weighted by Crippen LogP contribution is 2.24. The Balaban J connectivity index is 2.17. The highest BCUT2D eigenvalue weighted by atomic mass is 19.3. The zero-order valence-corrected chi connectivity index (χ0v) is 15.6. The third-order valence-electron chi connectivity index (χ3n) is 4.29. The predicted octanol–water partition coefficient (Wildman–Crippen LogP) is 2.84. The molecule has 0 saturated carbocycles. The van der Waals surface area contributed by atoms with Gasteiger partial charge in [-0.1, -0.05) is 26.0 Å². The van der Waals surface area contributed by atoms with Crippen molar-refractivity contribution in [2.45, 2.75) is 46.8 Å². The van der Waals surface area contributed by atoms with Crippen LogP contribution >= 0.6 is 0 Å². The van der Waals surface area contributed by atoms with Gasteiger partial charge in [0.15, 0.2) is 0 Å². The molecule has 1 atom stereocenters. The molecule has 0 aromatic heterocycles. The molecular formula is C19H26F2N2O3. The molecule has 1 fully saturated rings. The average molecular weight is 368 g/mol. The summed E-state index contributed by atoms with van der Waals surface area (Å²) in [7, 11) is 0. The van der Waals surface area contributed by atoms with Crippen LogP contribution in [0.25, 0.3) is 0 Å². The van der Waals surface area contributed by atoms with Crippen molar-refractivity contribution >= 4 is 11.8 Å². The van der Waals surface area contributed by atoms with E-state index in [-0.39, 0.29) is 23.5 Å². The number of amides is 2. The lowest BCUT2D eigenvalue weighted by molar-refractivity contribution is -0.134. The molecule has 1 heterocycles. The minimum atomic E-state index is -2.88. The van der Waals surface area contributed by atoms with E-state index >= 15 is 0 Å². The molecule has 2 amide bonds. The molecule has 0 spiro atoms. The minimum Gasteiger partial charge on any atom is -0.435 e. The van der Waals surface area contributed by atoms with Crippen LogP contribution in [0.4, 0.5) is 8.78 Å². The summed E-state index contributed by atoms with van der Waals surface area (Å²) in [6, 6.07) is 5.44. The van der Waals surface area contributed by atoms with Gasteiger partial charge in [-0.25, -0.2) is 0 Å². The summed E-state index contributed by atoms with van der Waals surface area (Å²) < 4.78 is 28.8. The first-order valence-corrected chi connectivity index (χ1v) is 8.72. The maximum atomic E-state index is 12.9. The Hall–Kier alpha value is -2.18. The van der Waals surface area contributed by atoms with Crippen LogP contribution in [-0.4, -0.2) is 42.5 Å². The largest absolute Gasteiger partial charge is 0.435 e. The number of carbonyl (C=O) groups is 2. The van der Waals surface area contributed by atoms with Gasteiger partial charge in [0.05, 0.1) is 5.41 Å². The van der Waals surface area contributed by atoms with Crippen molar-refractivity contribution < 1.29 is 23.1 Å². The van der Waals surface area contributed by atoms with Crippen molar-refractivity contribution in [1.82, 2.24) is 10.2 Å². The van der Waals surface area contributed by atoms with Crippen LogP contribution in [0.2, 0.25) is 0 Å². The number of hydrogen-bond acceptors (Lipinski definition) is 3. The molecule has 5 nitrogen and oxygen atoms in total. The van der Waals surface area contributed by atoms with E-state index in [2.05, 4.69) is 10.1 Å². The number of nitrogens with one attached hydrogen (secondary N) is 1. The zero-order valence-electron chi connectivity index (χ0n) is 15.6. The van der Waals surface area contributed by atoms with Gasteiger partial charge in [-0.2, -0.15) is 8.78 Å². The molecule has 2 rings (SSSR count). The van der Waals surface area contributed by atoms with E-state index in [1.165, 1.54) is 12.1 Å². The fourth-order valence-corrected chi connectivity index (χ4v) is 3.04. The Morgan fingerprint density at radius 3 is 2.38 bits per heavy atom. The lowest BCUT2D eigenvalue weighted by Gasteiger charge is -2.29. The maximum absolute atomic E-state index is 12.9. The van der Waals surface area contributed by atoms with E-state index in [1.54, 1.807) is 17.0 Å². The van der Waals surface area contributed by atoms with E-state index < -0.39 is 18.1 Å². The molecule has 1 aliphatic rings. The molecule has 1 aromatic rings. The minimum absolute atomic E-state index is 0.0579. The van der Waals surface area contributed by atoms with Gasteiger partial charge in [0.1, 0.15) is 11.8 Å². The molecule has 144 valence electrons. The number of halogens is 2. The van der Waals surface area contributed by atoms with Crippen LogP contribution in [0.1, 0.15) is 33.3 Å². The molecule has 1 aromatic carbocycles. The van der Waals surface area contributed by atoms with E-state index in [9.17, 15) is 18.4 Å². The molecule has 7 heteroatoms. The topological polar surface area (TPSA) is 58.6 Å². The van der Waals surface area contributed by atoms with E-state index in [1.807, 2.05) is 27.7 Å². The molecule has 1 saturated heterocycles. The Kier molecular flexibility index (Phi) is 6.21. The first-order chi connectivity index (χ1) is 12.1. The van der Waals surface area contributed by atoms with Gasteiger partial charge in [-0.3, -0.25) is 9.59 Å². The standard InChI is InChI=1S/C19H26F2N2O3/c1-12(2)10-23-11-19(3,4)17(25)22-15(16(23)24)9-13-5-7-14(8-6-13)26-18(20)21/h5-8,12,15,18H,9-11H2,1-4H3,(H,22,25). The van der Waals surface area contributed by atoms with Crippen molar-refractivity contribution in [2.75, 3.05) is 13.1 Å². The van der Waals surface area contributed by atoms with Crippen molar-refractivity contribution in [3.63, 3.8) is 0 Å². The highest BCUT2D eigenvalue weighted by Gasteiger charge is 2.40. The lowest BCUT2D eigenvalue weighted by atomic mass is 9.92. The maximum Gasteiger partial charge on any atom is 0.387 e. The summed E-state index contributed by atoms with van der Waals surface area (Å²) in [5.74, 6) is 0.0576.